The molecule has 0 aliphatic carbocycles. The van der Waals surface area contributed by atoms with Crippen LogP contribution in [-0.4, -0.2) is 35.9 Å². The maximum atomic E-state index is 12.0. The van der Waals surface area contributed by atoms with E-state index in [9.17, 15) is 9.59 Å². The van der Waals surface area contributed by atoms with Crippen molar-refractivity contribution in [1.82, 2.24) is 5.43 Å². The van der Waals surface area contributed by atoms with Gasteiger partial charge in [-0.3, -0.25) is 4.79 Å². The van der Waals surface area contributed by atoms with Gasteiger partial charge in [-0.1, -0.05) is 11.6 Å². The molecule has 2 rings (SSSR count). The lowest BCUT2D eigenvalue weighted by Crippen LogP contribution is -2.33. The highest BCUT2D eigenvalue weighted by Crippen LogP contribution is 2.16. The number of halogens is 1. The van der Waals surface area contributed by atoms with E-state index in [4.69, 9.17) is 26.2 Å². The number of nitrogens with one attached hydrogen (secondary N) is 1. The number of carboxylic acids is 1. The molecule has 0 aromatic heterocycles. The molecule has 2 aromatic carbocycles. The third kappa shape index (κ3) is 6.45. The first kappa shape index (κ1) is 19.3. The molecule has 0 bridgehead atoms. The number of ether oxygens (including phenoxy) is 2. The third-order valence-corrected chi connectivity index (χ3v) is 3.38. The molecule has 1 atom stereocenters. The second-order valence-electron chi connectivity index (χ2n) is 5.20. The zero-order valence-electron chi connectivity index (χ0n) is 13.9. The monoisotopic (exact) mass is 376 g/mol. The predicted molar refractivity (Wildman–Crippen MR) is 96.9 cm³/mol. The molecule has 0 aliphatic rings. The van der Waals surface area contributed by atoms with Crippen LogP contribution >= 0.6 is 11.6 Å². The summed E-state index contributed by atoms with van der Waals surface area (Å²) in [5.41, 5.74) is 3.10. The van der Waals surface area contributed by atoms with Crippen LogP contribution in [0.15, 0.2) is 53.6 Å². The van der Waals surface area contributed by atoms with Gasteiger partial charge in [-0.05, 0) is 61.0 Å². The molecule has 0 saturated heterocycles. The summed E-state index contributed by atoms with van der Waals surface area (Å²) in [5, 5.41) is 13.0. The Morgan fingerprint density at radius 3 is 2.38 bits per heavy atom. The van der Waals surface area contributed by atoms with Gasteiger partial charge in [0.1, 0.15) is 11.5 Å². The summed E-state index contributed by atoms with van der Waals surface area (Å²) in [6.07, 6.45) is 0.716. The SMILES string of the molecule is C[C@H](Oc1ccc(Cl)cc1)C(=O)N/N=C\c1ccc(OCC(=O)O)cc1. The van der Waals surface area contributed by atoms with Gasteiger partial charge in [-0.15, -0.1) is 0 Å². The molecule has 136 valence electrons. The highest BCUT2D eigenvalue weighted by atomic mass is 35.5. The van der Waals surface area contributed by atoms with Gasteiger partial charge in [0.2, 0.25) is 0 Å². The van der Waals surface area contributed by atoms with Crippen molar-refractivity contribution in [3.63, 3.8) is 0 Å². The summed E-state index contributed by atoms with van der Waals surface area (Å²) in [6, 6.07) is 13.3. The van der Waals surface area contributed by atoms with E-state index in [1.54, 1.807) is 55.5 Å². The molecule has 0 spiro atoms. The normalized spacial score (nSPS) is 11.8. The van der Waals surface area contributed by atoms with Crippen molar-refractivity contribution in [2.24, 2.45) is 5.10 Å². The van der Waals surface area contributed by atoms with Crippen molar-refractivity contribution in [2.75, 3.05) is 6.61 Å². The number of hydrazone groups is 1. The number of benzene rings is 2. The van der Waals surface area contributed by atoms with Crippen molar-refractivity contribution in [3.8, 4) is 11.5 Å². The Morgan fingerprint density at radius 1 is 1.15 bits per heavy atom. The summed E-state index contributed by atoms with van der Waals surface area (Å²) in [5.74, 6) is -0.498. The van der Waals surface area contributed by atoms with Gasteiger partial charge in [0, 0.05) is 5.02 Å². The molecule has 2 N–H and O–H groups in total. The van der Waals surface area contributed by atoms with Gasteiger partial charge in [0.25, 0.3) is 5.91 Å². The lowest BCUT2D eigenvalue weighted by molar-refractivity contribution is -0.139. The Labute approximate surface area is 155 Å². The summed E-state index contributed by atoms with van der Waals surface area (Å²) in [4.78, 5) is 22.4. The minimum Gasteiger partial charge on any atom is -0.482 e. The summed E-state index contributed by atoms with van der Waals surface area (Å²) in [6.45, 7) is 1.20. The van der Waals surface area contributed by atoms with Gasteiger partial charge in [-0.2, -0.15) is 5.10 Å². The van der Waals surface area contributed by atoms with Crippen molar-refractivity contribution in [2.45, 2.75) is 13.0 Å². The van der Waals surface area contributed by atoms with Crippen molar-refractivity contribution in [3.05, 3.63) is 59.1 Å². The van der Waals surface area contributed by atoms with Crippen LogP contribution in [-0.2, 0) is 9.59 Å². The molecule has 26 heavy (non-hydrogen) atoms. The zero-order valence-corrected chi connectivity index (χ0v) is 14.6. The Morgan fingerprint density at radius 2 is 1.77 bits per heavy atom. The van der Waals surface area contributed by atoms with Crippen molar-refractivity contribution < 1.29 is 24.2 Å². The van der Waals surface area contributed by atoms with E-state index in [2.05, 4.69) is 10.5 Å². The minimum atomic E-state index is -1.05. The second-order valence-corrected chi connectivity index (χ2v) is 5.64. The summed E-state index contributed by atoms with van der Waals surface area (Å²) < 4.78 is 10.5. The fraction of sp³-hybridized carbons (Fsp3) is 0.167. The van der Waals surface area contributed by atoms with E-state index < -0.39 is 24.6 Å². The van der Waals surface area contributed by atoms with Crippen LogP contribution in [0.25, 0.3) is 0 Å². The van der Waals surface area contributed by atoms with Gasteiger partial charge < -0.3 is 14.6 Å². The van der Waals surface area contributed by atoms with Gasteiger partial charge in [0.05, 0.1) is 6.21 Å². The van der Waals surface area contributed by atoms with Crippen LogP contribution < -0.4 is 14.9 Å². The Bertz CT molecular complexity index is 775. The molecule has 0 fully saturated rings. The molecule has 7 nitrogen and oxygen atoms in total. The van der Waals surface area contributed by atoms with E-state index in [0.29, 0.717) is 22.1 Å². The molecular weight excluding hydrogens is 360 g/mol. The number of carbonyl (C=O) groups is 2. The van der Waals surface area contributed by atoms with Gasteiger partial charge >= 0.3 is 5.97 Å². The Kier molecular flexibility index (Phi) is 6.99. The largest absolute Gasteiger partial charge is 0.482 e. The predicted octanol–water partition coefficient (Wildman–Crippen LogP) is 2.72. The Hall–Kier alpha value is -3.06. The minimum absolute atomic E-state index is 0.405. The molecule has 0 radical (unpaired) electrons. The van der Waals surface area contributed by atoms with Gasteiger partial charge in [0.15, 0.2) is 12.7 Å². The fourth-order valence-electron chi connectivity index (χ4n) is 1.83. The number of carbonyl (C=O) groups excluding carboxylic acids is 1. The van der Waals surface area contributed by atoms with Crippen LogP contribution in [0.3, 0.4) is 0 Å². The second kappa shape index (κ2) is 9.43. The average molecular weight is 377 g/mol. The maximum Gasteiger partial charge on any atom is 0.341 e. The number of nitrogens with zero attached hydrogens (tertiary/aromatic N) is 1. The number of hydrogen-bond acceptors (Lipinski definition) is 5. The Balaban J connectivity index is 1.81. The number of rotatable bonds is 8. The van der Waals surface area contributed by atoms with E-state index in [1.807, 2.05) is 0 Å². The molecule has 0 saturated carbocycles. The quantitative estimate of drug-likeness (QED) is 0.545. The number of aliphatic carboxylic acids is 1. The van der Waals surface area contributed by atoms with Crippen molar-refractivity contribution >= 4 is 29.7 Å². The smallest absolute Gasteiger partial charge is 0.341 e. The molecule has 0 heterocycles. The third-order valence-electron chi connectivity index (χ3n) is 3.13. The molecule has 8 heteroatoms. The molecule has 1 amide bonds. The topological polar surface area (TPSA) is 97.2 Å². The maximum absolute atomic E-state index is 12.0. The summed E-state index contributed by atoms with van der Waals surface area (Å²) >= 11 is 5.79. The lowest BCUT2D eigenvalue weighted by Gasteiger charge is -2.12. The van der Waals surface area contributed by atoms with Crippen molar-refractivity contribution in [1.29, 1.82) is 0 Å². The van der Waals surface area contributed by atoms with Crippen LogP contribution in [0, 0.1) is 0 Å². The first-order valence-corrected chi connectivity index (χ1v) is 8.01. The molecule has 2 aromatic rings. The van der Waals surface area contributed by atoms with Crippen LogP contribution in [0.2, 0.25) is 5.02 Å². The van der Waals surface area contributed by atoms with E-state index in [-0.39, 0.29) is 0 Å². The molecular formula is C18H17ClN2O5. The average Bonchev–Trinajstić information content (AvgIpc) is 2.62. The first-order chi connectivity index (χ1) is 12.4. The highest BCUT2D eigenvalue weighted by Gasteiger charge is 2.13. The number of hydrogen-bond donors (Lipinski definition) is 2. The molecule has 0 aliphatic heterocycles. The standard InChI is InChI=1S/C18H17ClN2O5/c1-12(26-16-8-4-14(19)5-9-16)18(24)21-20-10-13-2-6-15(7-3-13)25-11-17(22)23/h2-10,12H,11H2,1H3,(H,21,24)(H,22,23)/b20-10-/t12-/m0/s1. The zero-order chi connectivity index (χ0) is 18.9. The van der Waals surface area contributed by atoms with E-state index in [0.717, 1.165) is 0 Å². The van der Waals surface area contributed by atoms with Crippen LogP contribution in [0.5, 0.6) is 11.5 Å². The molecule has 0 unspecified atom stereocenters. The highest BCUT2D eigenvalue weighted by molar-refractivity contribution is 6.30. The lowest BCUT2D eigenvalue weighted by atomic mass is 10.2. The number of carboxylic acid groups (broad SMARTS) is 1. The van der Waals surface area contributed by atoms with E-state index >= 15 is 0 Å². The van der Waals surface area contributed by atoms with E-state index in [1.165, 1.54) is 6.21 Å². The van der Waals surface area contributed by atoms with Crippen LogP contribution in [0.1, 0.15) is 12.5 Å². The van der Waals surface area contributed by atoms with Gasteiger partial charge in [-0.25, -0.2) is 10.2 Å². The number of amides is 1. The summed E-state index contributed by atoms with van der Waals surface area (Å²) in [7, 11) is 0. The van der Waals surface area contributed by atoms with Crippen LogP contribution in [0.4, 0.5) is 0 Å². The first-order valence-electron chi connectivity index (χ1n) is 7.64. The fourth-order valence-corrected chi connectivity index (χ4v) is 1.95.